The van der Waals surface area contributed by atoms with Gasteiger partial charge in [0.05, 0.1) is 12.2 Å². The molecule has 0 radical (unpaired) electrons. The van der Waals surface area contributed by atoms with E-state index >= 15 is 0 Å². The molecule has 3 heterocycles. The van der Waals surface area contributed by atoms with Crippen LogP contribution in [0.3, 0.4) is 0 Å². The Kier molecular flexibility index (Phi) is 5.71. The number of nitrogens with zero attached hydrogens (tertiary/aromatic N) is 3. The summed E-state index contributed by atoms with van der Waals surface area (Å²) in [6.45, 7) is 4.02. The Morgan fingerprint density at radius 3 is 2.81 bits per heavy atom. The van der Waals surface area contributed by atoms with Gasteiger partial charge in [-0.15, -0.1) is 16.4 Å². The lowest BCUT2D eigenvalue weighted by molar-refractivity contribution is -0.139. The molecule has 1 aliphatic rings. The molecule has 0 spiro atoms. The molecule has 32 heavy (non-hydrogen) atoms. The molecule has 2 aromatic carbocycles. The second-order valence-corrected chi connectivity index (χ2v) is 9.36. The van der Waals surface area contributed by atoms with Gasteiger partial charge in [-0.2, -0.15) is 4.98 Å². The highest BCUT2D eigenvalue weighted by Gasteiger charge is 2.35. The van der Waals surface area contributed by atoms with Crippen molar-refractivity contribution in [2.75, 3.05) is 11.9 Å². The Hall–Kier alpha value is -3.10. The van der Waals surface area contributed by atoms with Crippen molar-refractivity contribution in [2.45, 2.75) is 30.8 Å². The number of rotatable bonds is 6. The highest BCUT2D eigenvalue weighted by atomic mass is 32.2. The Balaban J connectivity index is 1.43. The lowest BCUT2D eigenvalue weighted by Crippen LogP contribution is -2.29. The number of aromatic nitrogens is 3. The fourth-order valence-corrected chi connectivity index (χ4v) is 5.44. The maximum Gasteiger partial charge on any atom is 0.338 e. The highest BCUT2D eigenvalue weighted by molar-refractivity contribution is 7.98. The number of hydrogen-bond donors (Lipinski definition) is 1. The standard InChI is InChI=1S/C24H22N4O2S2/c1-3-30-22(29)20-15(2)25-23-26-24(27-28(23)21(20)19-9-6-12-31-19)32-14-16-10-11-17-7-4-5-8-18(17)13-16/h4-13,21H,3,14H2,1-2H3,(H,25,26,27). The molecule has 6 nitrogen and oxygen atoms in total. The zero-order valence-corrected chi connectivity index (χ0v) is 19.4. The number of esters is 1. The molecule has 4 aromatic rings. The molecule has 162 valence electrons. The number of thioether (sulfide) groups is 1. The van der Waals surface area contributed by atoms with Crippen LogP contribution in [0.1, 0.15) is 30.3 Å². The third-order valence-electron chi connectivity index (χ3n) is 5.32. The van der Waals surface area contributed by atoms with Crippen LogP contribution in [0.15, 0.2) is 76.4 Å². The van der Waals surface area contributed by atoms with Crippen molar-refractivity contribution in [3.05, 3.63) is 81.7 Å². The quantitative estimate of drug-likeness (QED) is 0.296. The first-order chi connectivity index (χ1) is 15.6. The van der Waals surface area contributed by atoms with E-state index in [1.54, 1.807) is 27.8 Å². The van der Waals surface area contributed by atoms with Crippen LogP contribution in [-0.2, 0) is 15.3 Å². The van der Waals surface area contributed by atoms with Gasteiger partial charge in [0.15, 0.2) is 0 Å². The van der Waals surface area contributed by atoms with E-state index in [1.165, 1.54) is 16.3 Å². The predicted molar refractivity (Wildman–Crippen MR) is 129 cm³/mol. The van der Waals surface area contributed by atoms with Gasteiger partial charge >= 0.3 is 5.97 Å². The molecule has 8 heteroatoms. The van der Waals surface area contributed by atoms with Crippen molar-refractivity contribution in [1.29, 1.82) is 0 Å². The minimum Gasteiger partial charge on any atom is -0.463 e. The van der Waals surface area contributed by atoms with Crippen LogP contribution in [-0.4, -0.2) is 27.3 Å². The van der Waals surface area contributed by atoms with Gasteiger partial charge in [0.1, 0.15) is 6.04 Å². The van der Waals surface area contributed by atoms with Crippen LogP contribution in [0.25, 0.3) is 10.8 Å². The zero-order valence-electron chi connectivity index (χ0n) is 17.7. The van der Waals surface area contributed by atoms with Crippen molar-refractivity contribution in [1.82, 2.24) is 14.8 Å². The fourth-order valence-electron chi connectivity index (χ4n) is 3.85. The zero-order chi connectivity index (χ0) is 22.1. The SMILES string of the molecule is CCOC(=O)C1=C(C)Nc2nc(SCc3ccc4ccccc4c3)nn2C1c1cccs1. The van der Waals surface area contributed by atoms with Crippen LogP contribution in [0, 0.1) is 0 Å². The topological polar surface area (TPSA) is 69.0 Å². The smallest absolute Gasteiger partial charge is 0.338 e. The molecule has 1 atom stereocenters. The van der Waals surface area contributed by atoms with E-state index in [2.05, 4.69) is 41.7 Å². The van der Waals surface area contributed by atoms with Crippen LogP contribution in [0.2, 0.25) is 0 Å². The number of nitrogens with one attached hydrogen (secondary N) is 1. The molecule has 0 fully saturated rings. The minimum absolute atomic E-state index is 0.323. The van der Waals surface area contributed by atoms with Gasteiger partial charge in [-0.05, 0) is 41.6 Å². The van der Waals surface area contributed by atoms with Crippen molar-refractivity contribution in [2.24, 2.45) is 0 Å². The van der Waals surface area contributed by atoms with Gasteiger partial charge in [0.25, 0.3) is 0 Å². The van der Waals surface area contributed by atoms with Crippen LogP contribution < -0.4 is 5.32 Å². The summed E-state index contributed by atoms with van der Waals surface area (Å²) in [5.41, 5.74) is 2.52. The van der Waals surface area contributed by atoms with E-state index in [9.17, 15) is 4.79 Å². The number of carbonyl (C=O) groups excluding carboxylic acids is 1. The minimum atomic E-state index is -0.354. The van der Waals surface area contributed by atoms with Crippen molar-refractivity contribution >= 4 is 45.8 Å². The molecular formula is C24H22N4O2S2. The molecule has 0 bridgehead atoms. The second kappa shape index (κ2) is 8.80. The monoisotopic (exact) mass is 462 g/mol. The van der Waals surface area contributed by atoms with Crippen molar-refractivity contribution < 1.29 is 9.53 Å². The number of anilines is 1. The van der Waals surface area contributed by atoms with Crippen molar-refractivity contribution in [3.8, 4) is 0 Å². The average molecular weight is 463 g/mol. The average Bonchev–Trinajstić information content (AvgIpc) is 3.46. The summed E-state index contributed by atoms with van der Waals surface area (Å²) >= 11 is 3.17. The van der Waals surface area contributed by atoms with Gasteiger partial charge in [-0.1, -0.05) is 60.3 Å². The summed E-state index contributed by atoms with van der Waals surface area (Å²) in [7, 11) is 0. The Bertz CT molecular complexity index is 1310. The first kappa shape index (κ1) is 20.8. The summed E-state index contributed by atoms with van der Waals surface area (Å²) in [6, 6.07) is 18.5. The van der Waals surface area contributed by atoms with E-state index in [0.717, 1.165) is 16.3 Å². The van der Waals surface area contributed by atoms with E-state index in [4.69, 9.17) is 14.8 Å². The molecule has 5 rings (SSSR count). The van der Waals surface area contributed by atoms with Crippen LogP contribution >= 0.6 is 23.1 Å². The number of thiophene rings is 1. The second-order valence-electron chi connectivity index (χ2n) is 7.43. The first-order valence-electron chi connectivity index (χ1n) is 10.4. The number of fused-ring (bicyclic) bond motifs is 2. The third-order valence-corrected chi connectivity index (χ3v) is 7.16. The normalized spacial score (nSPS) is 15.5. The number of allylic oxidation sites excluding steroid dienone is 1. The molecule has 1 N–H and O–H groups in total. The van der Waals surface area contributed by atoms with E-state index in [-0.39, 0.29) is 12.0 Å². The maximum atomic E-state index is 12.8. The molecule has 1 aliphatic heterocycles. The summed E-state index contributed by atoms with van der Waals surface area (Å²) in [5.74, 6) is 1.06. The summed E-state index contributed by atoms with van der Waals surface area (Å²) in [5, 5.41) is 13.1. The third kappa shape index (κ3) is 3.91. The molecule has 0 saturated carbocycles. The summed E-state index contributed by atoms with van der Waals surface area (Å²) in [4.78, 5) is 18.5. The van der Waals surface area contributed by atoms with Crippen LogP contribution in [0.4, 0.5) is 5.95 Å². The Morgan fingerprint density at radius 1 is 1.19 bits per heavy atom. The van der Waals surface area contributed by atoms with E-state index in [0.29, 0.717) is 23.3 Å². The highest BCUT2D eigenvalue weighted by Crippen LogP contribution is 2.38. The number of benzene rings is 2. The number of hydrogen-bond acceptors (Lipinski definition) is 7. The lowest BCUT2D eigenvalue weighted by Gasteiger charge is -2.26. The molecular weight excluding hydrogens is 440 g/mol. The lowest BCUT2D eigenvalue weighted by atomic mass is 10.0. The first-order valence-corrected chi connectivity index (χ1v) is 12.3. The molecule has 0 saturated heterocycles. The Morgan fingerprint density at radius 2 is 2.03 bits per heavy atom. The largest absolute Gasteiger partial charge is 0.463 e. The van der Waals surface area contributed by atoms with Crippen LogP contribution in [0.5, 0.6) is 0 Å². The summed E-state index contributed by atoms with van der Waals surface area (Å²) < 4.78 is 7.14. The van der Waals surface area contributed by atoms with Gasteiger partial charge in [-0.3, -0.25) is 0 Å². The number of carbonyl (C=O) groups is 1. The van der Waals surface area contributed by atoms with E-state index in [1.807, 2.05) is 37.4 Å². The van der Waals surface area contributed by atoms with Gasteiger partial charge in [0, 0.05) is 16.3 Å². The molecule has 2 aromatic heterocycles. The van der Waals surface area contributed by atoms with E-state index < -0.39 is 0 Å². The van der Waals surface area contributed by atoms with Crippen molar-refractivity contribution in [3.63, 3.8) is 0 Å². The van der Waals surface area contributed by atoms with Gasteiger partial charge < -0.3 is 10.1 Å². The maximum absolute atomic E-state index is 12.8. The molecule has 1 unspecified atom stereocenters. The molecule has 0 amide bonds. The van der Waals surface area contributed by atoms with Gasteiger partial charge in [0.2, 0.25) is 11.1 Å². The molecule has 0 aliphatic carbocycles. The summed E-state index contributed by atoms with van der Waals surface area (Å²) in [6.07, 6.45) is 0. The fraction of sp³-hybridized carbons (Fsp3) is 0.208. The van der Waals surface area contributed by atoms with Gasteiger partial charge in [-0.25, -0.2) is 9.48 Å². The number of ether oxygens (including phenoxy) is 1. The Labute approximate surface area is 194 Å². The predicted octanol–water partition coefficient (Wildman–Crippen LogP) is 5.64.